The maximum absolute atomic E-state index is 12.5. The van der Waals surface area contributed by atoms with Crippen molar-refractivity contribution in [2.24, 2.45) is 0 Å². The Bertz CT molecular complexity index is 1100. The number of carbonyl (C=O) groups excluding carboxylic acids is 2. The van der Waals surface area contributed by atoms with E-state index in [1.54, 1.807) is 72.8 Å². The standard InChI is InChI=1S/C32H38O6/c1-3-5-7-8-9-10-24-36-27-15-11-25(12-16-27)31(33)37-29-17-13-26(14-18-29)32(34)38-30-21-19-28(20-22-30)35-23-6-4-2/h11-22H,3-10,23-24H2,1-2H3. The molecule has 0 atom stereocenters. The van der Waals surface area contributed by atoms with Crippen molar-refractivity contribution in [2.45, 2.75) is 65.2 Å². The monoisotopic (exact) mass is 518 g/mol. The van der Waals surface area contributed by atoms with Crippen LogP contribution < -0.4 is 18.9 Å². The van der Waals surface area contributed by atoms with Gasteiger partial charge in [-0.2, -0.15) is 0 Å². The summed E-state index contributed by atoms with van der Waals surface area (Å²) in [6.45, 7) is 5.65. The Morgan fingerprint density at radius 2 is 0.842 bits per heavy atom. The van der Waals surface area contributed by atoms with E-state index < -0.39 is 11.9 Å². The van der Waals surface area contributed by atoms with E-state index in [1.165, 1.54) is 32.1 Å². The fourth-order valence-electron chi connectivity index (χ4n) is 3.69. The van der Waals surface area contributed by atoms with Crippen LogP contribution in [0.1, 0.15) is 85.9 Å². The SMILES string of the molecule is CCCCCCCCOc1ccc(C(=O)Oc2ccc(C(=O)Oc3ccc(OCCCC)cc3)cc2)cc1. The molecule has 0 radical (unpaired) electrons. The predicted molar refractivity (Wildman–Crippen MR) is 149 cm³/mol. The molecule has 0 saturated carbocycles. The topological polar surface area (TPSA) is 71.1 Å². The summed E-state index contributed by atoms with van der Waals surface area (Å²) >= 11 is 0. The molecule has 0 aliphatic carbocycles. The Morgan fingerprint density at radius 1 is 0.474 bits per heavy atom. The first-order valence-electron chi connectivity index (χ1n) is 13.6. The van der Waals surface area contributed by atoms with Crippen molar-refractivity contribution in [2.75, 3.05) is 13.2 Å². The van der Waals surface area contributed by atoms with Gasteiger partial charge < -0.3 is 18.9 Å². The second-order valence-corrected chi connectivity index (χ2v) is 9.12. The van der Waals surface area contributed by atoms with E-state index in [-0.39, 0.29) is 0 Å². The summed E-state index contributed by atoms with van der Waals surface area (Å²) < 4.78 is 22.3. The summed E-state index contributed by atoms with van der Waals surface area (Å²) in [7, 11) is 0. The molecule has 0 bridgehead atoms. The Kier molecular flexibility index (Phi) is 12.2. The molecule has 0 saturated heterocycles. The van der Waals surface area contributed by atoms with Crippen molar-refractivity contribution in [3.8, 4) is 23.0 Å². The van der Waals surface area contributed by atoms with Crippen LogP contribution in [-0.4, -0.2) is 25.2 Å². The smallest absolute Gasteiger partial charge is 0.343 e. The maximum atomic E-state index is 12.5. The highest BCUT2D eigenvalue weighted by molar-refractivity contribution is 5.92. The molecule has 6 nitrogen and oxygen atoms in total. The maximum Gasteiger partial charge on any atom is 0.343 e. The molecule has 0 unspecified atom stereocenters. The molecule has 0 amide bonds. The molecule has 0 aromatic heterocycles. The van der Waals surface area contributed by atoms with Crippen LogP contribution in [0.5, 0.6) is 23.0 Å². The molecule has 0 aliphatic rings. The molecule has 0 N–H and O–H groups in total. The zero-order chi connectivity index (χ0) is 27.0. The molecule has 3 rings (SSSR count). The van der Waals surface area contributed by atoms with Crippen molar-refractivity contribution < 1.29 is 28.5 Å². The van der Waals surface area contributed by atoms with Gasteiger partial charge in [0, 0.05) is 0 Å². The number of hydrogen-bond donors (Lipinski definition) is 0. The first-order valence-corrected chi connectivity index (χ1v) is 13.6. The Labute approximate surface area is 225 Å². The lowest BCUT2D eigenvalue weighted by molar-refractivity contribution is 0.0730. The van der Waals surface area contributed by atoms with Gasteiger partial charge in [0.15, 0.2) is 0 Å². The van der Waals surface area contributed by atoms with Gasteiger partial charge in [0.25, 0.3) is 0 Å². The van der Waals surface area contributed by atoms with Crippen molar-refractivity contribution in [3.63, 3.8) is 0 Å². The minimum absolute atomic E-state index is 0.337. The van der Waals surface area contributed by atoms with Crippen LogP contribution in [0.25, 0.3) is 0 Å². The van der Waals surface area contributed by atoms with Gasteiger partial charge in [0.1, 0.15) is 23.0 Å². The van der Waals surface area contributed by atoms with Crippen molar-refractivity contribution >= 4 is 11.9 Å². The van der Waals surface area contributed by atoms with Crippen molar-refractivity contribution in [1.29, 1.82) is 0 Å². The molecule has 3 aromatic carbocycles. The zero-order valence-electron chi connectivity index (χ0n) is 22.4. The van der Waals surface area contributed by atoms with Crippen LogP contribution in [0, 0.1) is 0 Å². The molecule has 0 heterocycles. The predicted octanol–water partition coefficient (Wildman–Crippen LogP) is 8.04. The summed E-state index contributed by atoms with van der Waals surface area (Å²) in [5.41, 5.74) is 0.766. The number of carbonyl (C=O) groups is 2. The summed E-state index contributed by atoms with van der Waals surface area (Å²) in [6.07, 6.45) is 9.31. The minimum atomic E-state index is -0.501. The Morgan fingerprint density at radius 3 is 1.34 bits per heavy atom. The normalized spacial score (nSPS) is 10.6. The summed E-state index contributed by atoms with van der Waals surface area (Å²) in [5.74, 6) is 1.25. The van der Waals surface area contributed by atoms with Gasteiger partial charge >= 0.3 is 11.9 Å². The van der Waals surface area contributed by atoms with E-state index in [9.17, 15) is 9.59 Å². The third-order valence-corrected chi connectivity index (χ3v) is 5.96. The van der Waals surface area contributed by atoms with Gasteiger partial charge in [-0.05, 0) is 85.6 Å². The number of hydrogen-bond acceptors (Lipinski definition) is 6. The molecule has 202 valence electrons. The van der Waals surface area contributed by atoms with Crippen molar-refractivity contribution in [1.82, 2.24) is 0 Å². The lowest BCUT2D eigenvalue weighted by Crippen LogP contribution is -2.10. The second kappa shape index (κ2) is 16.1. The highest BCUT2D eigenvalue weighted by atomic mass is 16.5. The van der Waals surface area contributed by atoms with E-state index in [0.717, 1.165) is 30.8 Å². The molecular formula is C32H38O6. The number of ether oxygens (including phenoxy) is 4. The zero-order valence-corrected chi connectivity index (χ0v) is 22.4. The first kappa shape index (κ1) is 28.8. The van der Waals surface area contributed by atoms with Gasteiger partial charge in [0.05, 0.1) is 24.3 Å². The molecule has 0 fully saturated rings. The molecular weight excluding hydrogens is 480 g/mol. The van der Waals surface area contributed by atoms with Gasteiger partial charge in [0.2, 0.25) is 0 Å². The fraction of sp³-hybridized carbons (Fsp3) is 0.375. The average molecular weight is 519 g/mol. The Hall–Kier alpha value is -3.80. The van der Waals surface area contributed by atoms with Crippen LogP contribution in [0.2, 0.25) is 0 Å². The van der Waals surface area contributed by atoms with Crippen LogP contribution in [0.3, 0.4) is 0 Å². The highest BCUT2D eigenvalue weighted by Gasteiger charge is 2.12. The van der Waals surface area contributed by atoms with Crippen LogP contribution >= 0.6 is 0 Å². The van der Waals surface area contributed by atoms with Crippen molar-refractivity contribution in [3.05, 3.63) is 83.9 Å². The summed E-state index contributed by atoms with van der Waals surface area (Å²) in [5, 5.41) is 0. The third kappa shape index (κ3) is 9.92. The number of unbranched alkanes of at least 4 members (excludes halogenated alkanes) is 6. The minimum Gasteiger partial charge on any atom is -0.494 e. The van der Waals surface area contributed by atoms with E-state index in [0.29, 0.717) is 35.8 Å². The van der Waals surface area contributed by atoms with Gasteiger partial charge in [-0.1, -0.05) is 52.4 Å². The van der Waals surface area contributed by atoms with Crippen LogP contribution in [-0.2, 0) is 0 Å². The lowest BCUT2D eigenvalue weighted by Gasteiger charge is -2.09. The quantitative estimate of drug-likeness (QED) is 0.109. The molecule has 38 heavy (non-hydrogen) atoms. The average Bonchev–Trinajstić information content (AvgIpc) is 2.94. The number of benzene rings is 3. The summed E-state index contributed by atoms with van der Waals surface area (Å²) in [4.78, 5) is 25.0. The second-order valence-electron chi connectivity index (χ2n) is 9.12. The van der Waals surface area contributed by atoms with Gasteiger partial charge in [-0.15, -0.1) is 0 Å². The van der Waals surface area contributed by atoms with Gasteiger partial charge in [-0.25, -0.2) is 9.59 Å². The largest absolute Gasteiger partial charge is 0.494 e. The third-order valence-electron chi connectivity index (χ3n) is 5.96. The van der Waals surface area contributed by atoms with E-state index in [1.807, 2.05) is 0 Å². The lowest BCUT2D eigenvalue weighted by atomic mass is 10.1. The fourth-order valence-corrected chi connectivity index (χ4v) is 3.69. The van der Waals surface area contributed by atoms with E-state index in [2.05, 4.69) is 13.8 Å². The molecule has 6 heteroatoms. The molecule has 0 spiro atoms. The summed E-state index contributed by atoms with van der Waals surface area (Å²) in [6, 6.07) is 20.1. The van der Waals surface area contributed by atoms with Crippen LogP contribution in [0.15, 0.2) is 72.8 Å². The number of rotatable bonds is 16. The first-order chi connectivity index (χ1) is 18.6. The van der Waals surface area contributed by atoms with Gasteiger partial charge in [-0.3, -0.25) is 0 Å². The Balaban J connectivity index is 1.43. The molecule has 0 aliphatic heterocycles. The number of esters is 2. The molecule has 3 aromatic rings. The van der Waals surface area contributed by atoms with E-state index in [4.69, 9.17) is 18.9 Å². The highest BCUT2D eigenvalue weighted by Crippen LogP contribution is 2.21. The van der Waals surface area contributed by atoms with E-state index >= 15 is 0 Å². The van der Waals surface area contributed by atoms with Crippen LogP contribution in [0.4, 0.5) is 0 Å².